The third-order valence-corrected chi connectivity index (χ3v) is 2.87. The van der Waals surface area contributed by atoms with Crippen LogP contribution in [-0.4, -0.2) is 14.9 Å². The number of aromatic nitrogens is 2. The van der Waals surface area contributed by atoms with Crippen molar-refractivity contribution in [2.45, 2.75) is 58.6 Å². The second-order valence-corrected chi connectivity index (χ2v) is 4.13. The fourth-order valence-electron chi connectivity index (χ4n) is 1.89. The lowest BCUT2D eigenvalue weighted by molar-refractivity contribution is 0.0225. The van der Waals surface area contributed by atoms with Crippen molar-refractivity contribution in [2.24, 2.45) is 0 Å². The third kappa shape index (κ3) is 2.81. The molecule has 0 fully saturated rings. The average molecular weight is 210 g/mol. The Hall–Kier alpha value is -0.830. The molecule has 1 aromatic heterocycles. The van der Waals surface area contributed by atoms with E-state index in [1.807, 2.05) is 17.8 Å². The molecule has 15 heavy (non-hydrogen) atoms. The SMILES string of the molecule is CCCn1cc(C(O)(CC)CCC)cn1. The van der Waals surface area contributed by atoms with Crippen LogP contribution in [0.3, 0.4) is 0 Å². The highest BCUT2D eigenvalue weighted by Gasteiger charge is 2.27. The van der Waals surface area contributed by atoms with Crippen LogP contribution >= 0.6 is 0 Å². The Balaban J connectivity index is 2.82. The predicted octanol–water partition coefficient (Wildman–Crippen LogP) is 2.69. The van der Waals surface area contributed by atoms with Gasteiger partial charge in [-0.15, -0.1) is 0 Å². The van der Waals surface area contributed by atoms with Gasteiger partial charge in [-0.3, -0.25) is 4.68 Å². The van der Waals surface area contributed by atoms with Gasteiger partial charge < -0.3 is 5.11 Å². The molecule has 86 valence electrons. The highest BCUT2D eigenvalue weighted by Crippen LogP contribution is 2.29. The van der Waals surface area contributed by atoms with E-state index in [1.165, 1.54) is 0 Å². The van der Waals surface area contributed by atoms with Crippen molar-refractivity contribution in [3.05, 3.63) is 18.0 Å². The molecule has 3 heteroatoms. The maximum absolute atomic E-state index is 10.4. The van der Waals surface area contributed by atoms with Crippen molar-refractivity contribution in [3.63, 3.8) is 0 Å². The van der Waals surface area contributed by atoms with E-state index in [2.05, 4.69) is 18.9 Å². The molecular formula is C12H22N2O. The lowest BCUT2D eigenvalue weighted by atomic mass is 9.89. The van der Waals surface area contributed by atoms with Gasteiger partial charge in [0.15, 0.2) is 0 Å². The first-order valence-electron chi connectivity index (χ1n) is 5.91. The molecule has 0 saturated heterocycles. The van der Waals surface area contributed by atoms with Crippen molar-refractivity contribution in [2.75, 3.05) is 0 Å². The molecule has 0 saturated carbocycles. The van der Waals surface area contributed by atoms with E-state index < -0.39 is 5.60 Å². The molecule has 1 N–H and O–H groups in total. The first kappa shape index (κ1) is 12.2. The Morgan fingerprint density at radius 1 is 1.33 bits per heavy atom. The number of rotatable bonds is 6. The summed E-state index contributed by atoms with van der Waals surface area (Å²) in [6.45, 7) is 7.16. The Labute approximate surface area is 92.1 Å². The van der Waals surface area contributed by atoms with Crippen LogP contribution in [0.4, 0.5) is 0 Å². The van der Waals surface area contributed by atoms with Gasteiger partial charge in [0.05, 0.1) is 11.8 Å². The topological polar surface area (TPSA) is 38.0 Å². The average Bonchev–Trinajstić information content (AvgIpc) is 2.68. The van der Waals surface area contributed by atoms with Gasteiger partial charge in [-0.2, -0.15) is 5.10 Å². The molecule has 1 unspecified atom stereocenters. The minimum Gasteiger partial charge on any atom is -0.385 e. The van der Waals surface area contributed by atoms with Crippen LogP contribution in [-0.2, 0) is 12.1 Å². The lowest BCUT2D eigenvalue weighted by Gasteiger charge is -2.24. The maximum Gasteiger partial charge on any atom is 0.0924 e. The fraction of sp³-hybridized carbons (Fsp3) is 0.750. The Morgan fingerprint density at radius 3 is 2.60 bits per heavy atom. The van der Waals surface area contributed by atoms with Crippen LogP contribution in [0.2, 0.25) is 0 Å². The molecule has 1 rings (SSSR count). The summed E-state index contributed by atoms with van der Waals surface area (Å²) < 4.78 is 1.91. The van der Waals surface area contributed by atoms with Gasteiger partial charge >= 0.3 is 0 Å². The zero-order valence-electron chi connectivity index (χ0n) is 10.0. The van der Waals surface area contributed by atoms with E-state index in [0.717, 1.165) is 37.8 Å². The summed E-state index contributed by atoms with van der Waals surface area (Å²) in [6, 6.07) is 0. The van der Waals surface area contributed by atoms with E-state index in [4.69, 9.17) is 0 Å². The predicted molar refractivity (Wildman–Crippen MR) is 61.6 cm³/mol. The molecule has 0 aliphatic rings. The van der Waals surface area contributed by atoms with Gasteiger partial charge in [0.2, 0.25) is 0 Å². The third-order valence-electron chi connectivity index (χ3n) is 2.87. The number of aliphatic hydroxyl groups is 1. The van der Waals surface area contributed by atoms with E-state index >= 15 is 0 Å². The van der Waals surface area contributed by atoms with Crippen molar-refractivity contribution < 1.29 is 5.11 Å². The van der Waals surface area contributed by atoms with Crippen LogP contribution < -0.4 is 0 Å². The van der Waals surface area contributed by atoms with Crippen LogP contribution in [0.25, 0.3) is 0 Å². The minimum absolute atomic E-state index is 0.680. The maximum atomic E-state index is 10.4. The van der Waals surface area contributed by atoms with Gasteiger partial charge in [0.25, 0.3) is 0 Å². The number of nitrogens with zero attached hydrogens (tertiary/aromatic N) is 2. The van der Waals surface area contributed by atoms with Crippen LogP contribution in [0.1, 0.15) is 52.0 Å². The van der Waals surface area contributed by atoms with Crippen molar-refractivity contribution in [1.29, 1.82) is 0 Å². The highest BCUT2D eigenvalue weighted by molar-refractivity contribution is 5.14. The van der Waals surface area contributed by atoms with Crippen LogP contribution in [0.15, 0.2) is 12.4 Å². The second-order valence-electron chi connectivity index (χ2n) is 4.13. The number of aryl methyl sites for hydroxylation is 1. The molecule has 0 aliphatic carbocycles. The normalized spacial score (nSPS) is 15.2. The molecule has 0 bridgehead atoms. The summed E-state index contributed by atoms with van der Waals surface area (Å²) in [5.41, 5.74) is 0.279. The summed E-state index contributed by atoms with van der Waals surface area (Å²) in [5.74, 6) is 0. The Bertz CT molecular complexity index is 296. The van der Waals surface area contributed by atoms with Gasteiger partial charge in [-0.25, -0.2) is 0 Å². The number of hydrogen-bond donors (Lipinski definition) is 1. The summed E-state index contributed by atoms with van der Waals surface area (Å²) in [6.07, 6.45) is 7.39. The highest BCUT2D eigenvalue weighted by atomic mass is 16.3. The Morgan fingerprint density at radius 2 is 2.07 bits per heavy atom. The van der Waals surface area contributed by atoms with Gasteiger partial charge in [0.1, 0.15) is 0 Å². The van der Waals surface area contributed by atoms with Crippen molar-refractivity contribution in [3.8, 4) is 0 Å². The standard InChI is InChI=1S/C12H22N2O/c1-4-7-12(15,6-3)11-9-13-14(10-11)8-5-2/h9-10,15H,4-8H2,1-3H3. The lowest BCUT2D eigenvalue weighted by Crippen LogP contribution is -2.23. The van der Waals surface area contributed by atoms with Crippen molar-refractivity contribution >= 4 is 0 Å². The fourth-order valence-corrected chi connectivity index (χ4v) is 1.89. The molecule has 1 atom stereocenters. The quantitative estimate of drug-likeness (QED) is 0.784. The van der Waals surface area contributed by atoms with Gasteiger partial charge in [-0.1, -0.05) is 27.2 Å². The molecule has 0 amide bonds. The summed E-state index contributed by atoms with van der Waals surface area (Å²) in [5, 5.41) is 14.7. The van der Waals surface area contributed by atoms with E-state index in [9.17, 15) is 5.11 Å². The molecular weight excluding hydrogens is 188 g/mol. The number of hydrogen-bond acceptors (Lipinski definition) is 2. The summed E-state index contributed by atoms with van der Waals surface area (Å²) in [4.78, 5) is 0. The van der Waals surface area contributed by atoms with Gasteiger partial charge in [-0.05, 0) is 19.3 Å². The first-order chi connectivity index (χ1) is 7.16. The summed E-state index contributed by atoms with van der Waals surface area (Å²) in [7, 11) is 0. The second kappa shape index (κ2) is 5.31. The monoisotopic (exact) mass is 210 g/mol. The van der Waals surface area contributed by atoms with Crippen LogP contribution in [0.5, 0.6) is 0 Å². The van der Waals surface area contributed by atoms with E-state index in [-0.39, 0.29) is 0 Å². The Kier molecular flexibility index (Phi) is 4.33. The van der Waals surface area contributed by atoms with E-state index in [0.29, 0.717) is 0 Å². The smallest absolute Gasteiger partial charge is 0.0924 e. The molecule has 0 radical (unpaired) electrons. The first-order valence-corrected chi connectivity index (χ1v) is 5.91. The minimum atomic E-state index is -0.680. The van der Waals surface area contributed by atoms with Gasteiger partial charge in [0, 0.05) is 18.3 Å². The zero-order chi connectivity index (χ0) is 11.3. The molecule has 1 aromatic rings. The molecule has 1 heterocycles. The summed E-state index contributed by atoms with van der Waals surface area (Å²) >= 11 is 0. The van der Waals surface area contributed by atoms with Crippen LogP contribution in [0, 0.1) is 0 Å². The largest absolute Gasteiger partial charge is 0.385 e. The van der Waals surface area contributed by atoms with Crippen molar-refractivity contribution in [1.82, 2.24) is 9.78 Å². The zero-order valence-corrected chi connectivity index (χ0v) is 10.0. The van der Waals surface area contributed by atoms with E-state index in [1.54, 1.807) is 6.20 Å². The molecule has 0 aliphatic heterocycles. The molecule has 0 spiro atoms. The molecule has 0 aromatic carbocycles. The molecule has 3 nitrogen and oxygen atoms in total.